The lowest BCUT2D eigenvalue weighted by molar-refractivity contribution is 0.0729. The molecule has 21 heavy (non-hydrogen) atoms. The van der Waals surface area contributed by atoms with Crippen molar-refractivity contribution in [3.05, 3.63) is 22.7 Å². The van der Waals surface area contributed by atoms with Crippen molar-refractivity contribution in [2.24, 2.45) is 0 Å². The maximum atomic E-state index is 12.8. The maximum Gasteiger partial charge on any atom is 0.266 e. The average molecular weight is 307 g/mol. The third-order valence-electron chi connectivity index (χ3n) is 3.77. The molecule has 1 saturated heterocycles. The first kappa shape index (κ1) is 14.2. The van der Waals surface area contributed by atoms with E-state index in [2.05, 4.69) is 15.5 Å². The van der Waals surface area contributed by atoms with Crippen LogP contribution in [0.1, 0.15) is 35.4 Å². The monoisotopic (exact) mass is 307 g/mol. The van der Waals surface area contributed by atoms with Crippen LogP contribution in [0.25, 0.3) is 5.69 Å². The molecule has 1 N–H and O–H groups in total. The Morgan fingerprint density at radius 1 is 1.52 bits per heavy atom. The Balaban J connectivity index is 1.81. The third-order valence-corrected chi connectivity index (χ3v) is 4.66. The predicted molar refractivity (Wildman–Crippen MR) is 77.4 cm³/mol. The Labute approximate surface area is 126 Å². The molecule has 3 heterocycles. The number of hydrogen-bond donors (Lipinski definition) is 1. The van der Waals surface area contributed by atoms with Crippen molar-refractivity contribution in [1.29, 1.82) is 0 Å². The van der Waals surface area contributed by atoms with E-state index < -0.39 is 0 Å². The van der Waals surface area contributed by atoms with Crippen LogP contribution in [0.15, 0.2) is 17.8 Å². The number of aromatic nitrogens is 4. The van der Waals surface area contributed by atoms with Gasteiger partial charge in [-0.1, -0.05) is 0 Å². The molecule has 0 bridgehead atoms. The largest absolute Gasteiger partial charge is 0.396 e. The lowest BCUT2D eigenvalue weighted by Gasteiger charge is -2.24. The quantitative estimate of drug-likeness (QED) is 0.894. The van der Waals surface area contributed by atoms with Crippen molar-refractivity contribution in [1.82, 2.24) is 25.1 Å². The summed E-state index contributed by atoms with van der Waals surface area (Å²) in [5.41, 5.74) is 0.725. The Kier molecular flexibility index (Phi) is 4.26. The molecule has 112 valence electrons. The number of rotatable bonds is 5. The van der Waals surface area contributed by atoms with E-state index in [9.17, 15) is 4.79 Å². The summed E-state index contributed by atoms with van der Waals surface area (Å²) >= 11 is 1.41. The molecule has 8 heteroatoms. The van der Waals surface area contributed by atoms with Crippen LogP contribution in [-0.2, 0) is 0 Å². The van der Waals surface area contributed by atoms with E-state index in [0.717, 1.165) is 37.9 Å². The standard InChI is InChI=1S/C13H17N5O2S/c19-7-2-4-10-3-1-6-17(10)13(20)12-11(5-8-21-12)18-9-14-15-16-18/h5,8-10,19H,1-4,6-7H2. The molecule has 1 atom stereocenters. The van der Waals surface area contributed by atoms with E-state index in [1.54, 1.807) is 0 Å². The molecule has 1 unspecified atom stereocenters. The van der Waals surface area contributed by atoms with Gasteiger partial charge in [-0.15, -0.1) is 16.4 Å². The van der Waals surface area contributed by atoms with Gasteiger partial charge in [-0.2, -0.15) is 4.68 Å². The minimum Gasteiger partial charge on any atom is -0.396 e. The zero-order chi connectivity index (χ0) is 14.7. The summed E-state index contributed by atoms with van der Waals surface area (Å²) in [6, 6.07) is 2.08. The van der Waals surface area contributed by atoms with E-state index in [4.69, 9.17) is 5.11 Å². The molecule has 0 aromatic carbocycles. The molecule has 1 aliphatic rings. The Morgan fingerprint density at radius 3 is 3.19 bits per heavy atom. The predicted octanol–water partition coefficient (Wildman–Crippen LogP) is 1.10. The van der Waals surface area contributed by atoms with Crippen LogP contribution in [0.3, 0.4) is 0 Å². The summed E-state index contributed by atoms with van der Waals surface area (Å²) in [6.07, 6.45) is 5.11. The van der Waals surface area contributed by atoms with Gasteiger partial charge in [0, 0.05) is 19.2 Å². The van der Waals surface area contributed by atoms with Gasteiger partial charge >= 0.3 is 0 Å². The Bertz CT molecular complexity index is 597. The van der Waals surface area contributed by atoms with E-state index >= 15 is 0 Å². The molecule has 3 rings (SSSR count). The highest BCUT2D eigenvalue weighted by Crippen LogP contribution is 2.28. The van der Waals surface area contributed by atoms with Gasteiger partial charge in [0.1, 0.15) is 11.2 Å². The van der Waals surface area contributed by atoms with Gasteiger partial charge < -0.3 is 10.0 Å². The SMILES string of the molecule is O=C(c1sccc1-n1cnnn1)N1CCCC1CCCO. The van der Waals surface area contributed by atoms with Crippen LogP contribution in [-0.4, -0.2) is 55.3 Å². The number of thiophene rings is 1. The number of nitrogens with zero attached hydrogens (tertiary/aromatic N) is 5. The fourth-order valence-electron chi connectivity index (χ4n) is 2.78. The molecular formula is C13H17N5O2S. The number of aliphatic hydroxyl groups excluding tert-OH is 1. The third kappa shape index (κ3) is 2.81. The first-order valence-electron chi connectivity index (χ1n) is 7.04. The number of aliphatic hydroxyl groups is 1. The molecule has 0 saturated carbocycles. The van der Waals surface area contributed by atoms with Crippen LogP contribution < -0.4 is 0 Å². The van der Waals surface area contributed by atoms with Crippen LogP contribution >= 0.6 is 11.3 Å². The molecule has 1 fully saturated rings. The summed E-state index contributed by atoms with van der Waals surface area (Å²) in [5, 5.41) is 21.9. The number of carbonyl (C=O) groups excluding carboxylic acids is 1. The fourth-order valence-corrected chi connectivity index (χ4v) is 3.61. The van der Waals surface area contributed by atoms with Crippen LogP contribution in [0.5, 0.6) is 0 Å². The molecule has 1 amide bonds. The fraction of sp³-hybridized carbons (Fsp3) is 0.538. The van der Waals surface area contributed by atoms with Crippen LogP contribution in [0.2, 0.25) is 0 Å². The summed E-state index contributed by atoms with van der Waals surface area (Å²) in [4.78, 5) is 15.4. The first-order chi connectivity index (χ1) is 10.3. The van der Waals surface area contributed by atoms with Gasteiger partial charge in [-0.05, 0) is 47.6 Å². The van der Waals surface area contributed by atoms with E-state index in [-0.39, 0.29) is 18.6 Å². The second-order valence-electron chi connectivity index (χ2n) is 5.05. The molecular weight excluding hydrogens is 290 g/mol. The van der Waals surface area contributed by atoms with Gasteiger partial charge in [0.2, 0.25) is 0 Å². The van der Waals surface area contributed by atoms with Crippen molar-refractivity contribution in [2.75, 3.05) is 13.2 Å². The molecule has 7 nitrogen and oxygen atoms in total. The topological polar surface area (TPSA) is 84.1 Å². The normalized spacial score (nSPS) is 18.3. The van der Waals surface area contributed by atoms with E-state index in [1.165, 1.54) is 22.3 Å². The van der Waals surface area contributed by atoms with Gasteiger partial charge in [-0.25, -0.2) is 0 Å². The van der Waals surface area contributed by atoms with Crippen LogP contribution in [0.4, 0.5) is 0 Å². The number of amides is 1. The van der Waals surface area contributed by atoms with Crippen molar-refractivity contribution in [3.63, 3.8) is 0 Å². The van der Waals surface area contributed by atoms with Crippen molar-refractivity contribution in [3.8, 4) is 5.69 Å². The summed E-state index contributed by atoms with van der Waals surface area (Å²) < 4.78 is 1.52. The highest BCUT2D eigenvalue weighted by Gasteiger charge is 2.31. The van der Waals surface area contributed by atoms with Crippen molar-refractivity contribution in [2.45, 2.75) is 31.7 Å². The van der Waals surface area contributed by atoms with Gasteiger partial charge in [0.15, 0.2) is 0 Å². The molecule has 1 aliphatic heterocycles. The highest BCUT2D eigenvalue weighted by atomic mass is 32.1. The zero-order valence-electron chi connectivity index (χ0n) is 11.6. The molecule has 0 spiro atoms. The highest BCUT2D eigenvalue weighted by molar-refractivity contribution is 7.12. The van der Waals surface area contributed by atoms with Gasteiger partial charge in [0.05, 0.1) is 5.69 Å². The molecule has 0 aliphatic carbocycles. The number of likely N-dealkylation sites (tertiary alicyclic amines) is 1. The van der Waals surface area contributed by atoms with E-state index in [0.29, 0.717) is 4.88 Å². The summed E-state index contributed by atoms with van der Waals surface area (Å²) in [6.45, 7) is 0.954. The minimum atomic E-state index is 0.0379. The minimum absolute atomic E-state index is 0.0379. The van der Waals surface area contributed by atoms with Crippen molar-refractivity contribution >= 4 is 17.2 Å². The van der Waals surface area contributed by atoms with Crippen LogP contribution in [0, 0.1) is 0 Å². The second kappa shape index (κ2) is 6.31. The lowest BCUT2D eigenvalue weighted by atomic mass is 10.1. The summed E-state index contributed by atoms with van der Waals surface area (Å²) in [7, 11) is 0. The Hall–Kier alpha value is -1.80. The number of hydrogen-bond acceptors (Lipinski definition) is 6. The number of carbonyl (C=O) groups is 1. The van der Waals surface area contributed by atoms with E-state index in [1.807, 2.05) is 16.3 Å². The van der Waals surface area contributed by atoms with Gasteiger partial charge in [-0.3, -0.25) is 4.79 Å². The lowest BCUT2D eigenvalue weighted by Crippen LogP contribution is -2.35. The smallest absolute Gasteiger partial charge is 0.266 e. The molecule has 0 radical (unpaired) electrons. The molecule has 2 aromatic rings. The first-order valence-corrected chi connectivity index (χ1v) is 7.92. The maximum absolute atomic E-state index is 12.8. The zero-order valence-corrected chi connectivity index (χ0v) is 12.4. The van der Waals surface area contributed by atoms with Crippen molar-refractivity contribution < 1.29 is 9.90 Å². The second-order valence-corrected chi connectivity index (χ2v) is 5.97. The Morgan fingerprint density at radius 2 is 2.43 bits per heavy atom. The summed E-state index contributed by atoms with van der Waals surface area (Å²) in [5.74, 6) is 0.0379. The molecule has 2 aromatic heterocycles. The van der Waals surface area contributed by atoms with Gasteiger partial charge in [0.25, 0.3) is 5.91 Å². The average Bonchev–Trinajstić information content (AvgIpc) is 3.23. The number of tetrazole rings is 1.